The zero-order valence-electron chi connectivity index (χ0n) is 11.7. The number of aryl methyl sites for hydroxylation is 2. The topological polar surface area (TPSA) is 60.2 Å². The van der Waals surface area contributed by atoms with E-state index in [1.165, 1.54) is 16.7 Å². The van der Waals surface area contributed by atoms with E-state index in [-0.39, 0.29) is 12.0 Å². The van der Waals surface area contributed by atoms with Crippen LogP contribution in [-0.4, -0.2) is 26.0 Å². The number of hydrogen-bond donors (Lipinski definition) is 1. The number of hydrogen-bond acceptors (Lipinski definition) is 3. The predicted molar refractivity (Wildman–Crippen MR) is 79.0 cm³/mol. The van der Waals surface area contributed by atoms with Crippen LogP contribution in [0.3, 0.4) is 0 Å². The molecule has 0 radical (unpaired) electrons. The summed E-state index contributed by atoms with van der Waals surface area (Å²) in [5, 5.41) is 0. The van der Waals surface area contributed by atoms with Gasteiger partial charge in [-0.3, -0.25) is 0 Å². The molecule has 1 heterocycles. The smallest absolute Gasteiger partial charge is 0.150 e. The molecule has 1 aliphatic rings. The molecule has 0 bridgehead atoms. The van der Waals surface area contributed by atoms with E-state index in [9.17, 15) is 8.42 Å². The summed E-state index contributed by atoms with van der Waals surface area (Å²) in [6.07, 6.45) is 2.43. The van der Waals surface area contributed by atoms with Crippen molar-refractivity contribution in [2.24, 2.45) is 11.7 Å². The standard InChI is InChI=1S/C15H23NO2S/c1-11-3-4-12(2)14(7-11)9-15(16)8-13-5-6-19(17,18)10-13/h3-4,7,13,15H,5-6,8-10,16H2,1-2H3. The van der Waals surface area contributed by atoms with Gasteiger partial charge in [-0.1, -0.05) is 23.8 Å². The fourth-order valence-electron chi connectivity index (χ4n) is 2.87. The molecule has 19 heavy (non-hydrogen) atoms. The maximum Gasteiger partial charge on any atom is 0.150 e. The van der Waals surface area contributed by atoms with E-state index in [0.717, 1.165) is 19.3 Å². The van der Waals surface area contributed by atoms with Gasteiger partial charge in [0.05, 0.1) is 11.5 Å². The van der Waals surface area contributed by atoms with Crippen LogP contribution in [0.1, 0.15) is 29.5 Å². The highest BCUT2D eigenvalue weighted by Crippen LogP contribution is 2.24. The van der Waals surface area contributed by atoms with E-state index in [0.29, 0.717) is 11.5 Å². The maximum atomic E-state index is 11.4. The maximum absolute atomic E-state index is 11.4. The van der Waals surface area contributed by atoms with Gasteiger partial charge in [-0.25, -0.2) is 8.42 Å². The average Bonchev–Trinajstić information content (AvgIpc) is 2.63. The minimum atomic E-state index is -2.78. The lowest BCUT2D eigenvalue weighted by Crippen LogP contribution is -2.27. The summed E-state index contributed by atoms with van der Waals surface area (Å²) in [5.74, 6) is 0.923. The highest BCUT2D eigenvalue weighted by Gasteiger charge is 2.28. The molecule has 1 aromatic carbocycles. The molecule has 2 rings (SSSR count). The number of benzene rings is 1. The minimum absolute atomic E-state index is 0.0544. The van der Waals surface area contributed by atoms with Gasteiger partial charge in [0, 0.05) is 6.04 Å². The van der Waals surface area contributed by atoms with Crippen LogP contribution >= 0.6 is 0 Å². The van der Waals surface area contributed by atoms with E-state index >= 15 is 0 Å². The normalized spacial score (nSPS) is 23.4. The molecule has 1 aliphatic heterocycles. The Morgan fingerprint density at radius 1 is 1.37 bits per heavy atom. The molecule has 2 unspecified atom stereocenters. The monoisotopic (exact) mass is 281 g/mol. The van der Waals surface area contributed by atoms with Crippen LogP contribution in [0.5, 0.6) is 0 Å². The summed E-state index contributed by atoms with van der Waals surface area (Å²) >= 11 is 0. The van der Waals surface area contributed by atoms with Gasteiger partial charge in [0.25, 0.3) is 0 Å². The summed E-state index contributed by atoms with van der Waals surface area (Å²) in [6, 6.07) is 6.46. The van der Waals surface area contributed by atoms with Crippen molar-refractivity contribution in [3.05, 3.63) is 34.9 Å². The van der Waals surface area contributed by atoms with Crippen LogP contribution < -0.4 is 5.73 Å². The van der Waals surface area contributed by atoms with Gasteiger partial charge in [0.2, 0.25) is 0 Å². The second-order valence-electron chi connectivity index (χ2n) is 5.90. The predicted octanol–water partition coefficient (Wildman–Crippen LogP) is 2.00. The molecule has 0 aromatic heterocycles. The second-order valence-corrected chi connectivity index (χ2v) is 8.13. The third-order valence-corrected chi connectivity index (χ3v) is 5.79. The van der Waals surface area contributed by atoms with Gasteiger partial charge < -0.3 is 5.73 Å². The largest absolute Gasteiger partial charge is 0.327 e. The van der Waals surface area contributed by atoms with Crippen molar-refractivity contribution in [3.8, 4) is 0 Å². The van der Waals surface area contributed by atoms with E-state index in [2.05, 4.69) is 32.0 Å². The third kappa shape index (κ3) is 4.05. The average molecular weight is 281 g/mol. The molecule has 3 nitrogen and oxygen atoms in total. The fourth-order valence-corrected chi connectivity index (χ4v) is 4.75. The van der Waals surface area contributed by atoms with Gasteiger partial charge in [-0.15, -0.1) is 0 Å². The van der Waals surface area contributed by atoms with Crippen LogP contribution in [0.25, 0.3) is 0 Å². The van der Waals surface area contributed by atoms with E-state index in [1.54, 1.807) is 0 Å². The zero-order valence-corrected chi connectivity index (χ0v) is 12.5. The second kappa shape index (κ2) is 5.63. The zero-order chi connectivity index (χ0) is 14.0. The molecule has 4 heteroatoms. The Morgan fingerprint density at radius 3 is 2.74 bits per heavy atom. The SMILES string of the molecule is Cc1ccc(C)c(CC(N)CC2CCS(=O)(=O)C2)c1. The first-order valence-electron chi connectivity index (χ1n) is 6.88. The van der Waals surface area contributed by atoms with Crippen molar-refractivity contribution in [1.29, 1.82) is 0 Å². The van der Waals surface area contributed by atoms with Gasteiger partial charge in [0.15, 0.2) is 9.84 Å². The summed E-state index contributed by atoms with van der Waals surface area (Å²) in [4.78, 5) is 0. The first-order valence-corrected chi connectivity index (χ1v) is 8.70. The van der Waals surface area contributed by atoms with Gasteiger partial charge >= 0.3 is 0 Å². The molecule has 0 aliphatic carbocycles. The van der Waals surface area contributed by atoms with Crippen molar-refractivity contribution in [3.63, 3.8) is 0 Å². The van der Waals surface area contributed by atoms with Crippen molar-refractivity contribution >= 4 is 9.84 Å². The Labute approximate surface area is 116 Å². The van der Waals surface area contributed by atoms with Gasteiger partial charge in [-0.05, 0) is 50.2 Å². The number of sulfone groups is 1. The molecule has 1 saturated heterocycles. The lowest BCUT2D eigenvalue weighted by Gasteiger charge is -2.17. The van der Waals surface area contributed by atoms with E-state index in [4.69, 9.17) is 5.73 Å². The van der Waals surface area contributed by atoms with Gasteiger partial charge in [-0.2, -0.15) is 0 Å². The first-order chi connectivity index (χ1) is 8.85. The molecule has 2 atom stereocenters. The van der Waals surface area contributed by atoms with E-state index < -0.39 is 9.84 Å². The Kier molecular flexibility index (Phi) is 4.31. The summed E-state index contributed by atoms with van der Waals surface area (Å²) < 4.78 is 22.9. The highest BCUT2D eigenvalue weighted by atomic mass is 32.2. The lowest BCUT2D eigenvalue weighted by molar-refractivity contribution is 0.468. The van der Waals surface area contributed by atoms with Crippen molar-refractivity contribution in [2.75, 3.05) is 11.5 Å². The van der Waals surface area contributed by atoms with Crippen molar-refractivity contribution < 1.29 is 8.42 Å². The van der Waals surface area contributed by atoms with Crippen molar-refractivity contribution in [2.45, 2.75) is 39.2 Å². The number of nitrogens with two attached hydrogens (primary N) is 1. The molecule has 1 aromatic rings. The first kappa shape index (κ1) is 14.5. The Morgan fingerprint density at radius 2 is 2.11 bits per heavy atom. The lowest BCUT2D eigenvalue weighted by atomic mass is 9.93. The fraction of sp³-hybridized carbons (Fsp3) is 0.600. The highest BCUT2D eigenvalue weighted by molar-refractivity contribution is 7.91. The van der Waals surface area contributed by atoms with Crippen LogP contribution in [0.15, 0.2) is 18.2 Å². The Hall–Kier alpha value is -0.870. The molecule has 0 saturated carbocycles. The summed E-state index contributed by atoms with van der Waals surface area (Å²) in [5.41, 5.74) is 9.99. The molecule has 0 spiro atoms. The number of rotatable bonds is 4. The quantitative estimate of drug-likeness (QED) is 0.918. The van der Waals surface area contributed by atoms with Crippen LogP contribution in [0.2, 0.25) is 0 Å². The molecule has 1 fully saturated rings. The van der Waals surface area contributed by atoms with Gasteiger partial charge in [0.1, 0.15) is 0 Å². The van der Waals surface area contributed by atoms with Crippen LogP contribution in [0, 0.1) is 19.8 Å². The van der Waals surface area contributed by atoms with Crippen LogP contribution in [-0.2, 0) is 16.3 Å². The van der Waals surface area contributed by atoms with E-state index in [1.807, 2.05) is 0 Å². The van der Waals surface area contributed by atoms with Crippen LogP contribution in [0.4, 0.5) is 0 Å². The molecule has 106 valence electrons. The minimum Gasteiger partial charge on any atom is -0.327 e. The third-order valence-electron chi connectivity index (χ3n) is 3.95. The molecular weight excluding hydrogens is 258 g/mol. The Bertz CT molecular complexity index is 551. The van der Waals surface area contributed by atoms with Crippen molar-refractivity contribution in [1.82, 2.24) is 0 Å². The summed E-state index contributed by atoms with van der Waals surface area (Å²) in [7, 11) is -2.78. The summed E-state index contributed by atoms with van der Waals surface area (Å²) in [6.45, 7) is 4.18. The molecular formula is C15H23NO2S. The molecule has 2 N–H and O–H groups in total. The Balaban J connectivity index is 1.94. The molecule has 0 amide bonds.